The minimum Gasteiger partial charge on any atom is -0.309 e. The third-order valence-electron chi connectivity index (χ3n) is 12.7. The van der Waals surface area contributed by atoms with Crippen molar-refractivity contribution in [1.29, 1.82) is 0 Å². The van der Waals surface area contributed by atoms with Crippen molar-refractivity contribution in [3.8, 4) is 62.0 Å². The van der Waals surface area contributed by atoms with Gasteiger partial charge in [-0.1, -0.05) is 152 Å². The number of hydrogen-bond acceptors (Lipinski definition) is 4. The standard InChI is InChI=1S/C59H43N5/c1-5-19-40(20-6-1)45-37-46(41-21-7-2-8-22-41)39-48(38-45)63-52-30-16-13-27-49(52)55-50-28-14-17-31-53(50)64(56(55)51-29-15-18-32-54(51)63)47-35-33-44(34-36-47)59-61-57(42-23-9-3-10-24-42)60-58(62-59)43-25-11-4-12-26-43/h1-7,9-11,13-21,23-25,27-39H,8,12,22,26H2. The lowest BCUT2D eigenvalue weighted by Gasteiger charge is -2.29. The Morgan fingerprint density at radius 2 is 0.969 bits per heavy atom. The van der Waals surface area contributed by atoms with Crippen LogP contribution >= 0.6 is 0 Å². The van der Waals surface area contributed by atoms with Crippen molar-refractivity contribution in [2.75, 3.05) is 4.90 Å². The summed E-state index contributed by atoms with van der Waals surface area (Å²) in [4.78, 5) is 17.6. The molecule has 64 heavy (non-hydrogen) atoms. The topological polar surface area (TPSA) is 46.8 Å². The van der Waals surface area contributed by atoms with Crippen molar-refractivity contribution >= 4 is 39.1 Å². The molecular weight excluding hydrogens is 779 g/mol. The van der Waals surface area contributed by atoms with E-state index in [2.05, 4.69) is 204 Å². The molecule has 0 spiro atoms. The van der Waals surface area contributed by atoms with Gasteiger partial charge in [0, 0.05) is 44.6 Å². The molecule has 0 unspecified atom stereocenters. The molecular formula is C59H43N5. The number of fused-ring (bicyclic) bond motifs is 7. The Morgan fingerprint density at radius 3 is 1.67 bits per heavy atom. The third-order valence-corrected chi connectivity index (χ3v) is 12.7. The molecule has 0 atom stereocenters. The quantitative estimate of drug-likeness (QED) is 0.161. The molecule has 0 radical (unpaired) electrons. The number of hydrogen-bond donors (Lipinski definition) is 0. The highest BCUT2D eigenvalue weighted by molar-refractivity contribution is 6.13. The SMILES string of the molecule is C1=CCCC(c2cc(-c3ccccc3)cc(N3c4ccccc4-c4c(n(-c5ccc(-c6nc(C7=CC=CCC7)nc(-c7ccccc7)n6)cc5)c5ccccc45)-c4ccccc43)c2)=C1. The Labute approximate surface area is 373 Å². The summed E-state index contributed by atoms with van der Waals surface area (Å²) in [6, 6.07) is 63.5. The van der Waals surface area contributed by atoms with Crippen LogP contribution in [0.2, 0.25) is 0 Å². The average Bonchev–Trinajstić information content (AvgIpc) is 3.66. The molecule has 2 aliphatic carbocycles. The Morgan fingerprint density at radius 1 is 0.406 bits per heavy atom. The molecule has 0 saturated carbocycles. The maximum Gasteiger partial charge on any atom is 0.164 e. The number of para-hydroxylation sites is 3. The van der Waals surface area contributed by atoms with Gasteiger partial charge in [-0.3, -0.25) is 0 Å². The lowest BCUT2D eigenvalue weighted by molar-refractivity contribution is 0.977. The summed E-state index contributed by atoms with van der Waals surface area (Å²) in [5.41, 5.74) is 18.4. The molecule has 0 saturated heterocycles. The molecule has 304 valence electrons. The van der Waals surface area contributed by atoms with Crippen molar-refractivity contribution in [3.05, 3.63) is 224 Å². The van der Waals surface area contributed by atoms with Crippen LogP contribution in [0.1, 0.15) is 37.1 Å². The lowest BCUT2D eigenvalue weighted by Crippen LogP contribution is -2.12. The maximum absolute atomic E-state index is 5.09. The molecule has 2 aromatic heterocycles. The molecule has 3 aliphatic rings. The van der Waals surface area contributed by atoms with Gasteiger partial charge in [-0.15, -0.1) is 0 Å². The molecule has 0 bridgehead atoms. The Bertz CT molecular complexity index is 3370. The highest BCUT2D eigenvalue weighted by Gasteiger charge is 2.32. The number of anilines is 3. The molecule has 7 aromatic carbocycles. The number of nitrogens with zero attached hydrogens (tertiary/aromatic N) is 5. The predicted octanol–water partition coefficient (Wildman–Crippen LogP) is 15.4. The average molecular weight is 822 g/mol. The highest BCUT2D eigenvalue weighted by atomic mass is 15.2. The third kappa shape index (κ3) is 6.61. The van der Waals surface area contributed by atoms with E-state index in [4.69, 9.17) is 15.0 Å². The normalized spacial score (nSPS) is 14.0. The molecule has 3 heterocycles. The number of aromatic nitrogens is 4. The van der Waals surface area contributed by atoms with E-state index >= 15 is 0 Å². The van der Waals surface area contributed by atoms with Crippen molar-refractivity contribution < 1.29 is 0 Å². The molecule has 5 nitrogen and oxygen atoms in total. The lowest BCUT2D eigenvalue weighted by atomic mass is 9.93. The van der Waals surface area contributed by atoms with E-state index in [1.807, 2.05) is 18.2 Å². The van der Waals surface area contributed by atoms with Crippen LogP contribution < -0.4 is 4.90 Å². The first-order valence-electron chi connectivity index (χ1n) is 22.2. The first-order valence-corrected chi connectivity index (χ1v) is 22.2. The fraction of sp³-hybridized carbons (Fsp3) is 0.0678. The highest BCUT2D eigenvalue weighted by Crippen LogP contribution is 2.55. The van der Waals surface area contributed by atoms with Crippen molar-refractivity contribution in [2.24, 2.45) is 0 Å². The van der Waals surface area contributed by atoms with E-state index < -0.39 is 0 Å². The minimum atomic E-state index is 0.661. The van der Waals surface area contributed by atoms with Crippen LogP contribution in [0, 0.1) is 0 Å². The van der Waals surface area contributed by atoms with Gasteiger partial charge in [0.25, 0.3) is 0 Å². The van der Waals surface area contributed by atoms with E-state index in [1.54, 1.807) is 0 Å². The fourth-order valence-electron chi connectivity index (χ4n) is 9.67. The van der Waals surface area contributed by atoms with Gasteiger partial charge >= 0.3 is 0 Å². The number of benzene rings is 7. The van der Waals surface area contributed by atoms with Crippen molar-refractivity contribution in [3.63, 3.8) is 0 Å². The van der Waals surface area contributed by atoms with Crippen LogP contribution in [0.5, 0.6) is 0 Å². The Balaban J connectivity index is 1.05. The molecule has 9 aromatic rings. The summed E-state index contributed by atoms with van der Waals surface area (Å²) >= 11 is 0. The Kier molecular flexibility index (Phi) is 9.37. The monoisotopic (exact) mass is 821 g/mol. The van der Waals surface area contributed by atoms with E-state index in [-0.39, 0.29) is 0 Å². The van der Waals surface area contributed by atoms with Crippen LogP contribution in [0.3, 0.4) is 0 Å². The molecule has 1 aliphatic heterocycles. The summed E-state index contributed by atoms with van der Waals surface area (Å²) in [7, 11) is 0. The minimum absolute atomic E-state index is 0.661. The molecule has 12 rings (SSSR count). The van der Waals surface area contributed by atoms with Gasteiger partial charge in [-0.05, 0) is 114 Å². The zero-order chi connectivity index (χ0) is 42.4. The van der Waals surface area contributed by atoms with Crippen LogP contribution in [-0.4, -0.2) is 19.5 Å². The van der Waals surface area contributed by atoms with Gasteiger partial charge in [0.2, 0.25) is 0 Å². The van der Waals surface area contributed by atoms with Crippen molar-refractivity contribution in [2.45, 2.75) is 25.7 Å². The smallest absolute Gasteiger partial charge is 0.164 e. The first-order chi connectivity index (χ1) is 31.7. The van der Waals surface area contributed by atoms with E-state index in [0.717, 1.165) is 87.7 Å². The number of allylic oxidation sites excluding steroid dienone is 8. The largest absolute Gasteiger partial charge is 0.309 e. The fourth-order valence-corrected chi connectivity index (χ4v) is 9.67. The predicted molar refractivity (Wildman–Crippen MR) is 265 cm³/mol. The number of rotatable bonds is 7. The summed E-state index contributed by atoms with van der Waals surface area (Å²) in [6.45, 7) is 0. The van der Waals surface area contributed by atoms with Gasteiger partial charge in [-0.25, -0.2) is 15.0 Å². The summed E-state index contributed by atoms with van der Waals surface area (Å²) in [6.07, 6.45) is 17.1. The second-order valence-corrected chi connectivity index (χ2v) is 16.6. The van der Waals surface area contributed by atoms with Crippen LogP contribution in [0.15, 0.2) is 212 Å². The van der Waals surface area contributed by atoms with Crippen LogP contribution in [0.4, 0.5) is 17.1 Å². The van der Waals surface area contributed by atoms with E-state index in [1.165, 1.54) is 38.8 Å². The second kappa shape index (κ2) is 16.0. The van der Waals surface area contributed by atoms with Gasteiger partial charge in [0.05, 0.1) is 22.6 Å². The van der Waals surface area contributed by atoms with Crippen LogP contribution in [-0.2, 0) is 0 Å². The summed E-state index contributed by atoms with van der Waals surface area (Å²) in [5.74, 6) is 2.07. The maximum atomic E-state index is 5.09. The van der Waals surface area contributed by atoms with Gasteiger partial charge in [-0.2, -0.15) is 0 Å². The van der Waals surface area contributed by atoms with E-state index in [0.29, 0.717) is 11.6 Å². The zero-order valence-electron chi connectivity index (χ0n) is 35.3. The van der Waals surface area contributed by atoms with Gasteiger partial charge < -0.3 is 9.47 Å². The van der Waals surface area contributed by atoms with Gasteiger partial charge in [0.15, 0.2) is 17.5 Å². The summed E-state index contributed by atoms with van der Waals surface area (Å²) < 4.78 is 2.45. The van der Waals surface area contributed by atoms with E-state index in [9.17, 15) is 0 Å². The Hall–Kier alpha value is -8.15. The van der Waals surface area contributed by atoms with Gasteiger partial charge in [0.1, 0.15) is 0 Å². The molecule has 0 N–H and O–H groups in total. The molecule has 5 heteroatoms. The molecule has 0 amide bonds. The van der Waals surface area contributed by atoms with Crippen molar-refractivity contribution in [1.82, 2.24) is 19.5 Å². The second-order valence-electron chi connectivity index (χ2n) is 16.6. The zero-order valence-corrected chi connectivity index (χ0v) is 35.3. The molecule has 0 fully saturated rings. The first kappa shape index (κ1) is 37.6. The summed E-state index contributed by atoms with van der Waals surface area (Å²) in [5, 5.41) is 1.20. The van der Waals surface area contributed by atoms with Crippen LogP contribution in [0.25, 0.3) is 84.0 Å².